The smallest absolute Gasteiger partial charge is 0.289 e. The third-order valence-electron chi connectivity index (χ3n) is 5.15. The minimum atomic E-state index is -0.0996. The zero-order valence-electron chi connectivity index (χ0n) is 18.0. The Morgan fingerprint density at radius 3 is 2.45 bits per heavy atom. The van der Waals surface area contributed by atoms with Crippen LogP contribution in [-0.2, 0) is 0 Å². The van der Waals surface area contributed by atoms with Gasteiger partial charge in [-0.1, -0.05) is 37.3 Å². The number of thiazole rings is 2. The maximum Gasteiger partial charge on any atom is 0.289 e. The van der Waals surface area contributed by atoms with Crippen LogP contribution in [0.2, 0.25) is 0 Å². The zero-order chi connectivity index (χ0) is 21.8. The van der Waals surface area contributed by atoms with Crippen molar-refractivity contribution in [2.45, 2.75) is 20.8 Å². The summed E-state index contributed by atoms with van der Waals surface area (Å²) in [5, 5.41) is 1.19. The molecule has 0 fully saturated rings. The molecule has 0 aliphatic rings. The zero-order valence-corrected chi connectivity index (χ0v) is 19.6. The molecule has 4 aromatic rings. The molecule has 0 unspecified atom stereocenters. The summed E-state index contributed by atoms with van der Waals surface area (Å²) >= 11 is 2.95. The van der Waals surface area contributed by atoms with Crippen LogP contribution in [-0.4, -0.2) is 53.6 Å². The third-order valence-corrected chi connectivity index (χ3v) is 7.21. The van der Waals surface area contributed by atoms with Crippen molar-refractivity contribution < 1.29 is 9.53 Å². The predicted octanol–water partition coefficient (Wildman–Crippen LogP) is 5.29. The molecule has 0 aliphatic heterocycles. The largest absolute Gasteiger partial charge is 0.494 e. The summed E-state index contributed by atoms with van der Waals surface area (Å²) in [4.78, 5) is 27.0. The quantitative estimate of drug-likeness (QED) is 0.344. The molecule has 0 saturated carbocycles. The number of rotatable bonds is 9. The molecule has 31 heavy (non-hydrogen) atoms. The summed E-state index contributed by atoms with van der Waals surface area (Å²) in [5.74, 6) is 0.717. The SMILES string of the molecule is CCOc1ccc2nc(N(CCN(CC)CC)C(=O)c3nc4ccccc4s3)sc2c1. The van der Waals surface area contributed by atoms with Crippen molar-refractivity contribution >= 4 is 54.1 Å². The number of hydrogen-bond donors (Lipinski definition) is 0. The van der Waals surface area contributed by atoms with E-state index in [0.29, 0.717) is 23.3 Å². The highest BCUT2D eigenvalue weighted by Gasteiger charge is 2.25. The molecule has 2 aromatic carbocycles. The Bertz CT molecular complexity index is 1150. The lowest BCUT2D eigenvalue weighted by Gasteiger charge is -2.24. The van der Waals surface area contributed by atoms with Crippen LogP contribution >= 0.6 is 22.7 Å². The van der Waals surface area contributed by atoms with E-state index >= 15 is 0 Å². The molecule has 0 aliphatic carbocycles. The number of likely N-dealkylation sites (N-methyl/N-ethyl adjacent to an activating group) is 1. The van der Waals surface area contributed by atoms with Gasteiger partial charge in [-0.05, 0) is 50.3 Å². The molecule has 6 nitrogen and oxygen atoms in total. The van der Waals surface area contributed by atoms with Gasteiger partial charge in [0.1, 0.15) is 5.75 Å². The summed E-state index contributed by atoms with van der Waals surface area (Å²) in [6, 6.07) is 13.7. The number of para-hydroxylation sites is 1. The van der Waals surface area contributed by atoms with Crippen molar-refractivity contribution in [2.24, 2.45) is 0 Å². The molecule has 2 heterocycles. The highest BCUT2D eigenvalue weighted by Crippen LogP contribution is 2.33. The van der Waals surface area contributed by atoms with Crippen LogP contribution in [0.1, 0.15) is 30.6 Å². The number of aromatic nitrogens is 2. The lowest BCUT2D eigenvalue weighted by atomic mass is 10.3. The normalized spacial score (nSPS) is 11.5. The fourth-order valence-electron chi connectivity index (χ4n) is 3.41. The number of carbonyl (C=O) groups is 1. The van der Waals surface area contributed by atoms with Gasteiger partial charge in [0.25, 0.3) is 5.91 Å². The molecule has 0 radical (unpaired) electrons. The number of ether oxygens (including phenoxy) is 1. The maximum absolute atomic E-state index is 13.5. The number of amides is 1. The Morgan fingerprint density at radius 1 is 0.935 bits per heavy atom. The van der Waals surface area contributed by atoms with Gasteiger partial charge < -0.3 is 9.64 Å². The van der Waals surface area contributed by atoms with E-state index in [9.17, 15) is 4.79 Å². The second-order valence-electron chi connectivity index (χ2n) is 7.03. The highest BCUT2D eigenvalue weighted by molar-refractivity contribution is 7.23. The Hall–Kier alpha value is -2.55. The Balaban J connectivity index is 1.69. The van der Waals surface area contributed by atoms with Crippen LogP contribution in [0.4, 0.5) is 5.13 Å². The first-order chi connectivity index (χ1) is 15.1. The van der Waals surface area contributed by atoms with Crippen LogP contribution in [0.5, 0.6) is 5.75 Å². The number of carbonyl (C=O) groups excluding carboxylic acids is 1. The van der Waals surface area contributed by atoms with Gasteiger partial charge in [-0.25, -0.2) is 9.97 Å². The fraction of sp³-hybridized carbons (Fsp3) is 0.348. The molecule has 0 spiro atoms. The minimum absolute atomic E-state index is 0.0996. The first-order valence-corrected chi connectivity index (χ1v) is 12.2. The second kappa shape index (κ2) is 9.72. The van der Waals surface area contributed by atoms with Crippen molar-refractivity contribution in [2.75, 3.05) is 37.7 Å². The molecular weight excluding hydrogens is 428 g/mol. The number of fused-ring (bicyclic) bond motifs is 2. The predicted molar refractivity (Wildman–Crippen MR) is 130 cm³/mol. The molecular formula is C23H26N4O2S2. The molecule has 0 N–H and O–H groups in total. The minimum Gasteiger partial charge on any atom is -0.494 e. The van der Waals surface area contributed by atoms with Crippen molar-refractivity contribution in [3.8, 4) is 5.75 Å². The van der Waals surface area contributed by atoms with Gasteiger partial charge in [-0.3, -0.25) is 9.69 Å². The molecule has 0 bridgehead atoms. The van der Waals surface area contributed by atoms with Gasteiger partial charge in [0.15, 0.2) is 10.1 Å². The first-order valence-electron chi connectivity index (χ1n) is 10.6. The Labute approximate surface area is 190 Å². The molecule has 1 amide bonds. The van der Waals surface area contributed by atoms with E-state index in [-0.39, 0.29) is 5.91 Å². The van der Waals surface area contributed by atoms with E-state index in [2.05, 4.69) is 23.7 Å². The number of hydrogen-bond acceptors (Lipinski definition) is 7. The Morgan fingerprint density at radius 2 is 1.71 bits per heavy atom. The second-order valence-corrected chi connectivity index (χ2v) is 9.07. The van der Waals surface area contributed by atoms with Gasteiger partial charge in [-0.2, -0.15) is 0 Å². The van der Waals surface area contributed by atoms with Crippen molar-refractivity contribution in [3.63, 3.8) is 0 Å². The highest BCUT2D eigenvalue weighted by atomic mass is 32.1. The van der Waals surface area contributed by atoms with Crippen LogP contribution in [0.25, 0.3) is 20.4 Å². The molecule has 0 saturated heterocycles. The van der Waals surface area contributed by atoms with Gasteiger partial charge in [0.05, 0.1) is 27.0 Å². The summed E-state index contributed by atoms with van der Waals surface area (Å²) in [6.45, 7) is 10.1. The number of anilines is 1. The van der Waals surface area contributed by atoms with E-state index in [4.69, 9.17) is 9.72 Å². The summed E-state index contributed by atoms with van der Waals surface area (Å²) < 4.78 is 7.65. The van der Waals surface area contributed by atoms with Crippen molar-refractivity contribution in [1.29, 1.82) is 0 Å². The van der Waals surface area contributed by atoms with E-state index in [1.165, 1.54) is 22.7 Å². The molecule has 162 valence electrons. The van der Waals surface area contributed by atoms with E-state index in [1.807, 2.05) is 49.4 Å². The average Bonchev–Trinajstić information content (AvgIpc) is 3.40. The topological polar surface area (TPSA) is 58.6 Å². The molecule has 2 aromatic heterocycles. The molecule has 8 heteroatoms. The van der Waals surface area contributed by atoms with Crippen LogP contribution in [0.3, 0.4) is 0 Å². The molecule has 0 atom stereocenters. The monoisotopic (exact) mass is 454 g/mol. The van der Waals surface area contributed by atoms with Gasteiger partial charge in [0, 0.05) is 13.1 Å². The average molecular weight is 455 g/mol. The van der Waals surface area contributed by atoms with Crippen molar-refractivity contribution in [3.05, 3.63) is 47.5 Å². The van der Waals surface area contributed by atoms with Crippen molar-refractivity contribution in [1.82, 2.24) is 14.9 Å². The third kappa shape index (κ3) is 4.71. The van der Waals surface area contributed by atoms with Crippen LogP contribution < -0.4 is 9.64 Å². The van der Waals surface area contributed by atoms with E-state index in [1.54, 1.807) is 4.90 Å². The number of nitrogens with zero attached hydrogens (tertiary/aromatic N) is 4. The van der Waals surface area contributed by atoms with Gasteiger partial charge in [0.2, 0.25) is 0 Å². The van der Waals surface area contributed by atoms with Gasteiger partial charge >= 0.3 is 0 Å². The first kappa shape index (κ1) is 21.7. The lowest BCUT2D eigenvalue weighted by Crippen LogP contribution is -2.38. The van der Waals surface area contributed by atoms with Crippen LogP contribution in [0, 0.1) is 0 Å². The van der Waals surface area contributed by atoms with E-state index < -0.39 is 0 Å². The summed E-state index contributed by atoms with van der Waals surface area (Å²) in [5.41, 5.74) is 1.72. The maximum atomic E-state index is 13.5. The van der Waals surface area contributed by atoms with E-state index in [0.717, 1.165) is 45.8 Å². The lowest BCUT2D eigenvalue weighted by molar-refractivity contribution is 0.0983. The summed E-state index contributed by atoms with van der Waals surface area (Å²) in [6.07, 6.45) is 0. The summed E-state index contributed by atoms with van der Waals surface area (Å²) in [7, 11) is 0. The number of benzene rings is 2. The Kier molecular flexibility index (Phi) is 6.80. The van der Waals surface area contributed by atoms with Crippen LogP contribution in [0.15, 0.2) is 42.5 Å². The fourth-order valence-corrected chi connectivity index (χ4v) is 5.34. The molecule has 4 rings (SSSR count). The van der Waals surface area contributed by atoms with Gasteiger partial charge in [-0.15, -0.1) is 11.3 Å². The standard InChI is InChI=1S/C23H26N4O2S2/c1-4-26(5-2)13-14-27(22(28)21-24-17-9-7-8-10-19(17)30-21)23-25-18-12-11-16(29-6-3)15-20(18)31-23/h7-12,15H,4-6,13-14H2,1-3H3.